The van der Waals surface area contributed by atoms with Crippen molar-refractivity contribution in [3.63, 3.8) is 0 Å². The number of carbonyl (C=O) groups is 2. The highest BCUT2D eigenvalue weighted by atomic mass is 16.4. The van der Waals surface area contributed by atoms with Gasteiger partial charge in [-0.1, -0.05) is 11.6 Å². The molecule has 1 aromatic carbocycles. The first kappa shape index (κ1) is 14.6. The minimum atomic E-state index is -1.12. The van der Waals surface area contributed by atoms with E-state index in [1.165, 1.54) is 12.5 Å². The molecule has 0 aliphatic rings. The van der Waals surface area contributed by atoms with E-state index >= 15 is 0 Å². The van der Waals surface area contributed by atoms with Gasteiger partial charge in [0.2, 0.25) is 0 Å². The molecule has 7 heteroatoms. The SMILES string of the molecule is Cc1ccc(N)c(C(=O)N[C@H](Cc2cnc[nH]2)C(=O)O)c1. The van der Waals surface area contributed by atoms with Crippen LogP contribution in [0.2, 0.25) is 0 Å². The summed E-state index contributed by atoms with van der Waals surface area (Å²) in [4.78, 5) is 30.1. The van der Waals surface area contributed by atoms with Crippen molar-refractivity contribution in [2.45, 2.75) is 19.4 Å². The van der Waals surface area contributed by atoms with Gasteiger partial charge in [-0.15, -0.1) is 0 Å². The number of aryl methyl sites for hydroxylation is 1. The maximum absolute atomic E-state index is 12.2. The number of amides is 1. The van der Waals surface area contributed by atoms with Gasteiger partial charge >= 0.3 is 5.97 Å². The second kappa shape index (κ2) is 6.08. The molecule has 110 valence electrons. The Morgan fingerprint density at radius 3 is 2.86 bits per heavy atom. The number of nitrogens with two attached hydrogens (primary N) is 1. The molecule has 0 bridgehead atoms. The zero-order chi connectivity index (χ0) is 15.4. The maximum atomic E-state index is 12.2. The number of aromatic nitrogens is 2. The molecule has 21 heavy (non-hydrogen) atoms. The number of aromatic amines is 1. The molecule has 1 aromatic heterocycles. The summed E-state index contributed by atoms with van der Waals surface area (Å²) < 4.78 is 0. The van der Waals surface area contributed by atoms with Crippen molar-refractivity contribution in [3.05, 3.63) is 47.5 Å². The van der Waals surface area contributed by atoms with Gasteiger partial charge in [0.05, 0.1) is 11.9 Å². The van der Waals surface area contributed by atoms with Gasteiger partial charge in [-0.2, -0.15) is 0 Å². The monoisotopic (exact) mass is 288 g/mol. The number of hydrogen-bond acceptors (Lipinski definition) is 4. The average Bonchev–Trinajstić information content (AvgIpc) is 2.93. The summed E-state index contributed by atoms with van der Waals surface area (Å²) in [5.74, 6) is -1.63. The van der Waals surface area contributed by atoms with Gasteiger partial charge in [0.1, 0.15) is 6.04 Å². The lowest BCUT2D eigenvalue weighted by Gasteiger charge is -2.15. The van der Waals surface area contributed by atoms with Gasteiger partial charge in [0.15, 0.2) is 0 Å². The van der Waals surface area contributed by atoms with Gasteiger partial charge in [0.25, 0.3) is 5.91 Å². The highest BCUT2D eigenvalue weighted by Crippen LogP contribution is 2.14. The molecular formula is C14H16N4O3. The van der Waals surface area contributed by atoms with E-state index in [1.807, 2.05) is 6.92 Å². The lowest BCUT2D eigenvalue weighted by atomic mass is 10.1. The van der Waals surface area contributed by atoms with Gasteiger partial charge < -0.3 is 21.1 Å². The molecule has 1 heterocycles. The van der Waals surface area contributed by atoms with Crippen molar-refractivity contribution in [1.82, 2.24) is 15.3 Å². The Morgan fingerprint density at radius 1 is 1.48 bits per heavy atom. The van der Waals surface area contributed by atoms with Crippen LogP contribution in [-0.2, 0) is 11.2 Å². The summed E-state index contributed by atoms with van der Waals surface area (Å²) in [5, 5.41) is 11.7. The Bertz CT molecular complexity index is 652. The van der Waals surface area contributed by atoms with Crippen LogP contribution < -0.4 is 11.1 Å². The van der Waals surface area contributed by atoms with E-state index in [4.69, 9.17) is 5.73 Å². The van der Waals surface area contributed by atoms with Crippen molar-refractivity contribution in [1.29, 1.82) is 0 Å². The molecule has 2 aromatic rings. The first-order chi connectivity index (χ1) is 9.97. The number of carboxylic acids is 1. The van der Waals surface area contributed by atoms with E-state index in [0.29, 0.717) is 11.4 Å². The van der Waals surface area contributed by atoms with Crippen molar-refractivity contribution in [2.75, 3.05) is 5.73 Å². The van der Waals surface area contributed by atoms with Crippen LogP contribution in [0.1, 0.15) is 21.6 Å². The van der Waals surface area contributed by atoms with Crippen LogP contribution in [0.3, 0.4) is 0 Å². The zero-order valence-electron chi connectivity index (χ0n) is 11.5. The minimum absolute atomic E-state index is 0.118. The molecule has 0 aliphatic heterocycles. The normalized spacial score (nSPS) is 11.9. The first-order valence-electron chi connectivity index (χ1n) is 6.34. The Hall–Kier alpha value is -2.83. The molecule has 0 fully saturated rings. The molecule has 7 nitrogen and oxygen atoms in total. The van der Waals surface area contributed by atoms with E-state index in [-0.39, 0.29) is 12.0 Å². The summed E-state index contributed by atoms with van der Waals surface area (Å²) >= 11 is 0. The van der Waals surface area contributed by atoms with Crippen LogP contribution in [0.15, 0.2) is 30.7 Å². The van der Waals surface area contributed by atoms with Gasteiger partial charge in [0, 0.05) is 24.0 Å². The van der Waals surface area contributed by atoms with Gasteiger partial charge in [-0.05, 0) is 19.1 Å². The van der Waals surface area contributed by atoms with Gasteiger partial charge in [-0.25, -0.2) is 9.78 Å². The van der Waals surface area contributed by atoms with Crippen LogP contribution in [-0.4, -0.2) is 33.0 Å². The predicted octanol–water partition coefficient (Wildman–Crippen LogP) is 0.726. The maximum Gasteiger partial charge on any atom is 0.326 e. The number of carbonyl (C=O) groups excluding carboxylic acids is 1. The number of carboxylic acid groups (broad SMARTS) is 1. The van der Waals surface area contributed by atoms with E-state index in [2.05, 4.69) is 15.3 Å². The lowest BCUT2D eigenvalue weighted by molar-refractivity contribution is -0.139. The number of aliphatic carboxylic acids is 1. The first-order valence-corrected chi connectivity index (χ1v) is 6.34. The number of hydrogen-bond donors (Lipinski definition) is 4. The number of H-pyrrole nitrogens is 1. The van der Waals surface area contributed by atoms with E-state index in [9.17, 15) is 14.7 Å². The molecule has 2 rings (SSSR count). The molecule has 0 saturated carbocycles. The van der Waals surface area contributed by atoms with E-state index < -0.39 is 17.9 Å². The third kappa shape index (κ3) is 3.59. The quantitative estimate of drug-likeness (QED) is 0.604. The fourth-order valence-electron chi connectivity index (χ4n) is 1.92. The number of nitrogens with one attached hydrogen (secondary N) is 2. The summed E-state index contributed by atoms with van der Waals surface area (Å²) in [6.45, 7) is 1.83. The lowest BCUT2D eigenvalue weighted by Crippen LogP contribution is -2.42. The molecule has 0 spiro atoms. The van der Waals surface area contributed by atoms with Crippen molar-refractivity contribution < 1.29 is 14.7 Å². The second-order valence-electron chi connectivity index (χ2n) is 4.74. The fourth-order valence-corrected chi connectivity index (χ4v) is 1.92. The molecule has 1 amide bonds. The number of imidazole rings is 1. The standard InChI is InChI=1S/C14H16N4O3/c1-8-2-3-11(15)10(4-8)13(19)18-12(14(20)21)5-9-6-16-7-17-9/h2-4,6-7,12H,5,15H2,1H3,(H,16,17)(H,18,19)(H,20,21)/t12-/m1/s1. The number of nitrogens with zero attached hydrogens (tertiary/aromatic N) is 1. The Kier molecular flexibility index (Phi) is 4.22. The van der Waals surface area contributed by atoms with Gasteiger partial charge in [-0.3, -0.25) is 4.79 Å². The van der Waals surface area contributed by atoms with Crippen LogP contribution in [0.4, 0.5) is 5.69 Å². The van der Waals surface area contributed by atoms with Crippen molar-refractivity contribution in [2.24, 2.45) is 0 Å². The number of rotatable bonds is 5. The molecular weight excluding hydrogens is 272 g/mol. The number of benzene rings is 1. The van der Waals surface area contributed by atoms with Crippen LogP contribution >= 0.6 is 0 Å². The summed E-state index contributed by atoms with van der Waals surface area (Å²) in [5.41, 5.74) is 7.83. The smallest absolute Gasteiger partial charge is 0.326 e. The molecule has 0 radical (unpaired) electrons. The number of anilines is 1. The number of nitrogen functional groups attached to an aromatic ring is 1. The summed E-state index contributed by atoms with van der Waals surface area (Å²) in [7, 11) is 0. The largest absolute Gasteiger partial charge is 0.480 e. The highest BCUT2D eigenvalue weighted by molar-refractivity contribution is 6.01. The second-order valence-corrected chi connectivity index (χ2v) is 4.74. The van der Waals surface area contributed by atoms with Crippen molar-refractivity contribution in [3.8, 4) is 0 Å². The molecule has 1 atom stereocenters. The summed E-state index contributed by atoms with van der Waals surface area (Å²) in [6, 6.07) is 3.97. The molecule has 5 N–H and O–H groups in total. The third-order valence-electron chi connectivity index (χ3n) is 3.04. The summed E-state index contributed by atoms with van der Waals surface area (Å²) in [6.07, 6.45) is 3.09. The highest BCUT2D eigenvalue weighted by Gasteiger charge is 2.22. The Morgan fingerprint density at radius 2 is 2.24 bits per heavy atom. The predicted molar refractivity (Wildman–Crippen MR) is 76.8 cm³/mol. The van der Waals surface area contributed by atoms with E-state index in [1.54, 1.807) is 18.2 Å². The fraction of sp³-hybridized carbons (Fsp3) is 0.214. The Balaban J connectivity index is 2.14. The van der Waals surface area contributed by atoms with Crippen LogP contribution in [0, 0.1) is 6.92 Å². The Labute approximate surface area is 121 Å². The van der Waals surface area contributed by atoms with Crippen LogP contribution in [0.5, 0.6) is 0 Å². The van der Waals surface area contributed by atoms with Crippen LogP contribution in [0.25, 0.3) is 0 Å². The zero-order valence-corrected chi connectivity index (χ0v) is 11.5. The average molecular weight is 288 g/mol. The van der Waals surface area contributed by atoms with Crippen molar-refractivity contribution >= 4 is 17.6 Å². The topological polar surface area (TPSA) is 121 Å². The van der Waals surface area contributed by atoms with E-state index in [0.717, 1.165) is 5.56 Å². The molecule has 0 unspecified atom stereocenters. The molecule has 0 aliphatic carbocycles. The minimum Gasteiger partial charge on any atom is -0.480 e. The third-order valence-corrected chi connectivity index (χ3v) is 3.04. The molecule has 0 saturated heterocycles.